The predicted octanol–water partition coefficient (Wildman–Crippen LogP) is 3.51. The van der Waals surface area contributed by atoms with Gasteiger partial charge in [-0.25, -0.2) is 9.97 Å². The molecule has 198 valence electrons. The van der Waals surface area contributed by atoms with Crippen molar-refractivity contribution in [3.05, 3.63) is 66.6 Å². The van der Waals surface area contributed by atoms with E-state index in [9.17, 15) is 9.90 Å². The lowest BCUT2D eigenvalue weighted by Crippen LogP contribution is -2.39. The number of imidazole rings is 1. The zero-order valence-electron chi connectivity index (χ0n) is 21.7. The second-order valence-corrected chi connectivity index (χ2v) is 9.74. The third kappa shape index (κ3) is 5.61. The van der Waals surface area contributed by atoms with Crippen LogP contribution in [0, 0.1) is 5.92 Å². The number of amides is 1. The predicted molar refractivity (Wildman–Crippen MR) is 147 cm³/mol. The maximum Gasteiger partial charge on any atom is 0.270 e. The van der Waals surface area contributed by atoms with Crippen LogP contribution in [0.5, 0.6) is 0 Å². The molecule has 5 rings (SSSR count). The van der Waals surface area contributed by atoms with E-state index in [2.05, 4.69) is 34.4 Å². The highest BCUT2D eigenvalue weighted by molar-refractivity contribution is 6.00. The second kappa shape index (κ2) is 11.6. The number of nitrogens with one attached hydrogen (secondary N) is 2. The number of hydrogen-bond donors (Lipinski definition) is 3. The van der Waals surface area contributed by atoms with Crippen molar-refractivity contribution in [3.8, 4) is 11.3 Å². The number of aliphatic hydroxyl groups is 1. The largest absolute Gasteiger partial charge is 0.394 e. The van der Waals surface area contributed by atoms with Gasteiger partial charge in [-0.15, -0.1) is 0 Å². The molecule has 3 aromatic heterocycles. The topological polar surface area (TPSA) is 117 Å². The fourth-order valence-corrected chi connectivity index (χ4v) is 4.65. The summed E-state index contributed by atoms with van der Waals surface area (Å²) in [6.45, 7) is 6.77. The summed E-state index contributed by atoms with van der Waals surface area (Å²) in [6, 6.07) is 14.9. The number of carbonyl (C=O) groups excluding carboxylic acids is 1. The molecule has 4 heterocycles. The lowest BCUT2D eigenvalue weighted by Gasteiger charge is -2.26. The van der Waals surface area contributed by atoms with E-state index in [0.717, 1.165) is 18.7 Å². The van der Waals surface area contributed by atoms with Crippen molar-refractivity contribution in [2.75, 3.05) is 43.1 Å². The number of pyridine rings is 1. The summed E-state index contributed by atoms with van der Waals surface area (Å²) in [6.07, 6.45) is 4.22. The Labute approximate surface area is 221 Å². The molecule has 0 saturated carbocycles. The summed E-state index contributed by atoms with van der Waals surface area (Å²) in [5.41, 5.74) is 3.10. The summed E-state index contributed by atoms with van der Waals surface area (Å²) in [7, 11) is 0. The average molecular weight is 516 g/mol. The number of ether oxygens (including phenoxy) is 1. The first kappa shape index (κ1) is 25.6. The molecule has 1 atom stereocenters. The van der Waals surface area contributed by atoms with Crippen molar-refractivity contribution in [2.24, 2.45) is 5.92 Å². The van der Waals surface area contributed by atoms with E-state index in [1.165, 1.54) is 0 Å². The summed E-state index contributed by atoms with van der Waals surface area (Å²) in [4.78, 5) is 29.8. The molecule has 1 aliphatic rings. The molecule has 1 saturated heterocycles. The molecule has 0 unspecified atom stereocenters. The highest BCUT2D eigenvalue weighted by Gasteiger charge is 2.24. The van der Waals surface area contributed by atoms with Crippen molar-refractivity contribution in [2.45, 2.75) is 26.3 Å². The number of anilines is 3. The Balaban J connectivity index is 1.52. The maximum absolute atomic E-state index is 13.6. The fraction of sp³-hybridized carbons (Fsp3) is 0.357. The van der Waals surface area contributed by atoms with Gasteiger partial charge in [-0.3, -0.25) is 9.20 Å². The minimum Gasteiger partial charge on any atom is -0.394 e. The molecule has 10 nitrogen and oxygen atoms in total. The fourth-order valence-electron chi connectivity index (χ4n) is 4.65. The number of nitrogens with zero attached hydrogens (tertiary/aromatic N) is 5. The van der Waals surface area contributed by atoms with Crippen LogP contribution in [-0.4, -0.2) is 69.3 Å². The third-order valence-corrected chi connectivity index (χ3v) is 6.42. The molecule has 1 aliphatic heterocycles. The van der Waals surface area contributed by atoms with Crippen LogP contribution in [0.1, 0.15) is 30.8 Å². The number of aromatic nitrogens is 4. The lowest BCUT2D eigenvalue weighted by atomic mass is 10.0. The van der Waals surface area contributed by atoms with Gasteiger partial charge in [0, 0.05) is 31.0 Å². The first-order chi connectivity index (χ1) is 18.5. The highest BCUT2D eigenvalue weighted by atomic mass is 16.5. The van der Waals surface area contributed by atoms with Crippen LogP contribution in [-0.2, 0) is 4.74 Å². The van der Waals surface area contributed by atoms with Crippen LogP contribution in [0.4, 0.5) is 17.5 Å². The van der Waals surface area contributed by atoms with Gasteiger partial charge in [-0.05, 0) is 30.5 Å². The number of morpholine rings is 1. The molecular formula is C28H33N7O3. The van der Waals surface area contributed by atoms with Crippen LogP contribution < -0.4 is 15.5 Å². The summed E-state index contributed by atoms with van der Waals surface area (Å²) in [5.74, 6) is 1.31. The monoisotopic (exact) mass is 515 g/mol. The number of aliphatic hydroxyl groups excluding tert-OH is 1. The highest BCUT2D eigenvalue weighted by Crippen LogP contribution is 2.29. The minimum atomic E-state index is -0.349. The van der Waals surface area contributed by atoms with Crippen molar-refractivity contribution in [1.82, 2.24) is 24.7 Å². The Bertz CT molecular complexity index is 1380. The smallest absolute Gasteiger partial charge is 0.270 e. The van der Waals surface area contributed by atoms with Crippen LogP contribution in [0.25, 0.3) is 16.9 Å². The zero-order valence-corrected chi connectivity index (χ0v) is 21.7. The Hall–Kier alpha value is -4.02. The normalized spacial score (nSPS) is 14.6. The first-order valence-corrected chi connectivity index (χ1v) is 12.9. The van der Waals surface area contributed by atoms with E-state index in [-0.39, 0.29) is 18.6 Å². The Kier molecular flexibility index (Phi) is 7.81. The maximum atomic E-state index is 13.6. The minimum absolute atomic E-state index is 0.132. The number of rotatable bonds is 9. The van der Waals surface area contributed by atoms with E-state index in [0.29, 0.717) is 60.0 Å². The van der Waals surface area contributed by atoms with Gasteiger partial charge in [-0.1, -0.05) is 44.2 Å². The molecule has 38 heavy (non-hydrogen) atoms. The van der Waals surface area contributed by atoms with Crippen molar-refractivity contribution in [1.29, 1.82) is 0 Å². The van der Waals surface area contributed by atoms with Crippen LogP contribution in [0.15, 0.2) is 60.9 Å². The zero-order chi connectivity index (χ0) is 26.5. The molecule has 0 aliphatic carbocycles. The molecular weight excluding hydrogens is 482 g/mol. The summed E-state index contributed by atoms with van der Waals surface area (Å²) >= 11 is 0. The third-order valence-electron chi connectivity index (χ3n) is 6.42. The van der Waals surface area contributed by atoms with E-state index in [1.807, 2.05) is 48.7 Å². The Morgan fingerprint density at radius 2 is 1.87 bits per heavy atom. The first-order valence-electron chi connectivity index (χ1n) is 12.9. The van der Waals surface area contributed by atoms with Gasteiger partial charge in [-0.2, -0.15) is 4.98 Å². The van der Waals surface area contributed by atoms with Gasteiger partial charge in [0.1, 0.15) is 17.2 Å². The van der Waals surface area contributed by atoms with Crippen LogP contribution in [0.3, 0.4) is 0 Å². The molecule has 3 N–H and O–H groups in total. The Morgan fingerprint density at radius 3 is 2.61 bits per heavy atom. The van der Waals surface area contributed by atoms with E-state index < -0.39 is 0 Å². The SMILES string of the molecule is CC(C)C[C@@H](CO)NC(=O)c1c(-c2ccccc2)nc2c(Nc3ccnc(N4CCOCC4)n3)cccn12. The molecule has 0 bridgehead atoms. The lowest BCUT2D eigenvalue weighted by molar-refractivity contribution is 0.0903. The summed E-state index contributed by atoms with van der Waals surface area (Å²) < 4.78 is 7.23. The molecule has 4 aromatic rings. The van der Waals surface area contributed by atoms with Gasteiger partial charge in [0.05, 0.1) is 31.5 Å². The Morgan fingerprint density at radius 1 is 1.08 bits per heavy atom. The van der Waals surface area contributed by atoms with Gasteiger partial charge in [0.2, 0.25) is 5.95 Å². The number of carbonyl (C=O) groups is 1. The van der Waals surface area contributed by atoms with Gasteiger partial charge in [0.15, 0.2) is 5.65 Å². The second-order valence-electron chi connectivity index (χ2n) is 9.74. The number of fused-ring (bicyclic) bond motifs is 1. The molecule has 10 heteroatoms. The molecule has 1 fully saturated rings. The quantitative estimate of drug-likeness (QED) is 0.310. The number of hydrogen-bond acceptors (Lipinski definition) is 8. The van der Waals surface area contributed by atoms with Gasteiger partial charge >= 0.3 is 0 Å². The van der Waals surface area contributed by atoms with E-state index in [4.69, 9.17) is 14.7 Å². The van der Waals surface area contributed by atoms with Crippen LogP contribution in [0.2, 0.25) is 0 Å². The van der Waals surface area contributed by atoms with Gasteiger partial charge in [0.25, 0.3) is 5.91 Å². The average Bonchev–Trinajstić information content (AvgIpc) is 3.34. The van der Waals surface area contributed by atoms with E-state index >= 15 is 0 Å². The van der Waals surface area contributed by atoms with Crippen molar-refractivity contribution < 1.29 is 14.6 Å². The van der Waals surface area contributed by atoms with Crippen molar-refractivity contribution >= 4 is 29.0 Å². The standard InChI is InChI=1S/C28H33N7O3/c1-19(2)17-21(18-36)30-27(37)25-24(20-7-4-3-5-8-20)33-26-22(9-6-12-35(25)26)31-23-10-11-29-28(32-23)34-13-15-38-16-14-34/h3-12,19,21,36H,13-18H2,1-2H3,(H,30,37)(H,29,31,32)/t21-/m0/s1. The molecule has 0 spiro atoms. The van der Waals surface area contributed by atoms with Gasteiger partial charge < -0.3 is 25.4 Å². The van der Waals surface area contributed by atoms with E-state index in [1.54, 1.807) is 16.7 Å². The van der Waals surface area contributed by atoms with Crippen molar-refractivity contribution in [3.63, 3.8) is 0 Å². The van der Waals surface area contributed by atoms with Crippen LogP contribution >= 0.6 is 0 Å². The molecule has 1 amide bonds. The molecule has 1 aromatic carbocycles. The molecule has 0 radical (unpaired) electrons. The summed E-state index contributed by atoms with van der Waals surface area (Å²) in [5, 5.41) is 16.3. The number of benzene rings is 1.